The molecule has 0 atom stereocenters. The van der Waals surface area contributed by atoms with Crippen molar-refractivity contribution in [1.29, 1.82) is 0 Å². The minimum Gasteiger partial charge on any atom is -0.466 e. The van der Waals surface area contributed by atoms with E-state index in [2.05, 4.69) is 49.8 Å². The lowest BCUT2D eigenvalue weighted by Crippen LogP contribution is -2.36. The van der Waals surface area contributed by atoms with E-state index in [1.807, 2.05) is 29.2 Å². The van der Waals surface area contributed by atoms with Gasteiger partial charge in [0.2, 0.25) is 5.91 Å². The standard InChI is InChI=1S/C28H35NO3/c1-28(2,3)24-16-13-22(14-17-24)20-29(27(31)23-10-6-5-7-11-23)25-12-8-9-21(19-25)15-18-26(30)32-4/h8-9,12-19,23H,5-7,10-11,20H2,1-4H3/b18-15+. The zero-order valence-corrected chi connectivity index (χ0v) is 19.8. The van der Waals surface area contributed by atoms with Crippen LogP contribution in [0.25, 0.3) is 6.08 Å². The average Bonchev–Trinajstić information content (AvgIpc) is 2.81. The Kier molecular flexibility index (Phi) is 7.89. The molecule has 170 valence electrons. The lowest BCUT2D eigenvalue weighted by molar-refractivity contribution is -0.134. The number of ether oxygens (including phenoxy) is 1. The maximum Gasteiger partial charge on any atom is 0.330 e. The number of rotatable bonds is 6. The number of carbonyl (C=O) groups excluding carboxylic acids is 2. The van der Waals surface area contributed by atoms with E-state index in [4.69, 9.17) is 0 Å². The first-order chi connectivity index (χ1) is 15.3. The van der Waals surface area contributed by atoms with Crippen molar-refractivity contribution in [2.75, 3.05) is 12.0 Å². The van der Waals surface area contributed by atoms with Crippen molar-refractivity contribution in [2.45, 2.75) is 64.8 Å². The summed E-state index contributed by atoms with van der Waals surface area (Å²) in [6, 6.07) is 16.4. The van der Waals surface area contributed by atoms with Crippen LogP contribution < -0.4 is 4.90 Å². The Labute approximate surface area is 192 Å². The molecule has 1 aliphatic carbocycles. The Balaban J connectivity index is 1.89. The SMILES string of the molecule is COC(=O)/C=C/c1cccc(N(Cc2ccc(C(C)(C)C)cc2)C(=O)C2CCCCC2)c1. The third-order valence-corrected chi connectivity index (χ3v) is 6.18. The molecule has 0 saturated heterocycles. The normalized spacial score (nSPS) is 15.0. The molecule has 0 aliphatic heterocycles. The molecular weight excluding hydrogens is 398 g/mol. The van der Waals surface area contributed by atoms with Crippen molar-refractivity contribution in [3.8, 4) is 0 Å². The van der Waals surface area contributed by atoms with Crippen LogP contribution in [0.4, 0.5) is 5.69 Å². The van der Waals surface area contributed by atoms with E-state index in [0.717, 1.165) is 42.5 Å². The van der Waals surface area contributed by atoms with Gasteiger partial charge in [-0.05, 0) is 53.2 Å². The number of amides is 1. The molecule has 0 heterocycles. The van der Waals surface area contributed by atoms with Crippen LogP contribution in [0, 0.1) is 5.92 Å². The quantitative estimate of drug-likeness (QED) is 0.398. The molecule has 1 saturated carbocycles. The molecule has 0 aromatic heterocycles. The summed E-state index contributed by atoms with van der Waals surface area (Å²) in [5.74, 6) is -0.130. The van der Waals surface area contributed by atoms with Gasteiger partial charge in [-0.2, -0.15) is 0 Å². The fraction of sp³-hybridized carbons (Fsp3) is 0.429. The molecule has 0 bridgehead atoms. The van der Waals surface area contributed by atoms with Crippen molar-refractivity contribution in [1.82, 2.24) is 0 Å². The molecule has 1 fully saturated rings. The molecule has 0 N–H and O–H groups in total. The van der Waals surface area contributed by atoms with Gasteiger partial charge in [0.1, 0.15) is 0 Å². The number of nitrogens with zero attached hydrogens (tertiary/aromatic N) is 1. The molecule has 3 rings (SSSR count). The molecular formula is C28H35NO3. The van der Waals surface area contributed by atoms with Gasteiger partial charge in [0.15, 0.2) is 0 Å². The highest BCUT2D eigenvalue weighted by Crippen LogP contribution is 2.30. The number of carbonyl (C=O) groups is 2. The molecule has 32 heavy (non-hydrogen) atoms. The van der Waals surface area contributed by atoms with Crippen LogP contribution >= 0.6 is 0 Å². The van der Waals surface area contributed by atoms with Gasteiger partial charge < -0.3 is 9.64 Å². The Bertz CT molecular complexity index is 947. The number of esters is 1. The predicted octanol–water partition coefficient (Wildman–Crippen LogP) is 6.28. The number of hydrogen-bond acceptors (Lipinski definition) is 3. The Morgan fingerprint density at radius 1 is 1.03 bits per heavy atom. The van der Waals surface area contributed by atoms with Crippen molar-refractivity contribution < 1.29 is 14.3 Å². The van der Waals surface area contributed by atoms with Crippen LogP contribution in [0.5, 0.6) is 0 Å². The maximum absolute atomic E-state index is 13.6. The second kappa shape index (κ2) is 10.6. The molecule has 1 amide bonds. The van der Waals surface area contributed by atoms with E-state index in [-0.39, 0.29) is 17.2 Å². The summed E-state index contributed by atoms with van der Waals surface area (Å²) in [6.45, 7) is 7.14. The first-order valence-corrected chi connectivity index (χ1v) is 11.5. The molecule has 1 aliphatic rings. The zero-order chi connectivity index (χ0) is 23.1. The van der Waals surface area contributed by atoms with Crippen molar-refractivity contribution in [3.63, 3.8) is 0 Å². The van der Waals surface area contributed by atoms with Gasteiger partial charge >= 0.3 is 5.97 Å². The highest BCUT2D eigenvalue weighted by molar-refractivity contribution is 5.95. The van der Waals surface area contributed by atoms with Crippen molar-refractivity contribution >= 4 is 23.6 Å². The van der Waals surface area contributed by atoms with Gasteiger partial charge in [-0.25, -0.2) is 4.79 Å². The molecule has 0 unspecified atom stereocenters. The molecule has 2 aromatic rings. The highest BCUT2D eigenvalue weighted by atomic mass is 16.5. The summed E-state index contributed by atoms with van der Waals surface area (Å²) in [5.41, 5.74) is 4.19. The summed E-state index contributed by atoms with van der Waals surface area (Å²) in [7, 11) is 1.36. The Morgan fingerprint density at radius 3 is 2.34 bits per heavy atom. The number of anilines is 1. The van der Waals surface area contributed by atoms with Crippen LogP contribution in [0.3, 0.4) is 0 Å². The summed E-state index contributed by atoms with van der Waals surface area (Å²) in [4.78, 5) is 27.0. The van der Waals surface area contributed by atoms with E-state index < -0.39 is 5.97 Å². The minimum absolute atomic E-state index is 0.0758. The van der Waals surface area contributed by atoms with E-state index in [9.17, 15) is 9.59 Å². The van der Waals surface area contributed by atoms with Gasteiger partial charge in [0.05, 0.1) is 13.7 Å². The van der Waals surface area contributed by atoms with Crippen LogP contribution in [0.15, 0.2) is 54.6 Å². The predicted molar refractivity (Wildman–Crippen MR) is 130 cm³/mol. The second-order valence-electron chi connectivity index (χ2n) is 9.66. The van der Waals surface area contributed by atoms with Gasteiger partial charge in [-0.1, -0.05) is 76.4 Å². The van der Waals surface area contributed by atoms with Crippen LogP contribution in [0.2, 0.25) is 0 Å². The van der Waals surface area contributed by atoms with Crippen LogP contribution in [-0.2, 0) is 26.3 Å². The lowest BCUT2D eigenvalue weighted by Gasteiger charge is -2.30. The number of benzene rings is 2. The van der Waals surface area contributed by atoms with E-state index in [1.54, 1.807) is 6.08 Å². The molecule has 0 spiro atoms. The highest BCUT2D eigenvalue weighted by Gasteiger charge is 2.27. The second-order valence-corrected chi connectivity index (χ2v) is 9.66. The van der Waals surface area contributed by atoms with Gasteiger partial charge in [0.25, 0.3) is 0 Å². The smallest absolute Gasteiger partial charge is 0.330 e. The van der Waals surface area contributed by atoms with E-state index in [1.165, 1.54) is 25.2 Å². The third-order valence-electron chi connectivity index (χ3n) is 6.18. The lowest BCUT2D eigenvalue weighted by atomic mass is 9.86. The topological polar surface area (TPSA) is 46.6 Å². The van der Waals surface area contributed by atoms with Crippen molar-refractivity contribution in [3.05, 3.63) is 71.3 Å². The summed E-state index contributed by atoms with van der Waals surface area (Å²) >= 11 is 0. The number of methoxy groups -OCH3 is 1. The Hall–Kier alpha value is -2.88. The molecule has 4 nitrogen and oxygen atoms in total. The Morgan fingerprint density at radius 2 is 1.72 bits per heavy atom. The fourth-order valence-electron chi connectivity index (χ4n) is 4.19. The van der Waals surface area contributed by atoms with Gasteiger partial charge in [-0.3, -0.25) is 4.79 Å². The summed E-state index contributed by atoms with van der Waals surface area (Å²) in [5, 5.41) is 0. The minimum atomic E-state index is -0.399. The molecule has 2 aromatic carbocycles. The first kappa shape index (κ1) is 23.8. The van der Waals surface area contributed by atoms with Gasteiger partial charge in [0, 0.05) is 17.7 Å². The van der Waals surface area contributed by atoms with E-state index >= 15 is 0 Å². The van der Waals surface area contributed by atoms with E-state index in [0.29, 0.717) is 6.54 Å². The van der Waals surface area contributed by atoms with Crippen molar-refractivity contribution in [2.24, 2.45) is 5.92 Å². The monoisotopic (exact) mass is 433 g/mol. The molecule has 4 heteroatoms. The molecule has 0 radical (unpaired) electrons. The van der Waals surface area contributed by atoms with Crippen LogP contribution in [-0.4, -0.2) is 19.0 Å². The average molecular weight is 434 g/mol. The maximum atomic E-state index is 13.6. The number of hydrogen-bond donors (Lipinski definition) is 0. The van der Waals surface area contributed by atoms with Gasteiger partial charge in [-0.15, -0.1) is 0 Å². The first-order valence-electron chi connectivity index (χ1n) is 11.5. The van der Waals surface area contributed by atoms with Crippen LogP contribution in [0.1, 0.15) is 69.6 Å². The third kappa shape index (κ3) is 6.32. The summed E-state index contributed by atoms with van der Waals surface area (Å²) in [6.07, 6.45) is 8.49. The zero-order valence-electron chi connectivity index (χ0n) is 19.8. The summed E-state index contributed by atoms with van der Waals surface area (Å²) < 4.78 is 4.69. The largest absolute Gasteiger partial charge is 0.466 e. The fourth-order valence-corrected chi connectivity index (χ4v) is 4.19.